The fourth-order valence-corrected chi connectivity index (χ4v) is 7.08. The summed E-state index contributed by atoms with van der Waals surface area (Å²) in [6, 6.07) is 2.95. The second-order valence-corrected chi connectivity index (χ2v) is 10.9. The molecule has 34 heavy (non-hydrogen) atoms. The lowest BCUT2D eigenvalue weighted by atomic mass is 9.79. The molecule has 180 valence electrons. The van der Waals surface area contributed by atoms with Gasteiger partial charge < -0.3 is 29.7 Å². The Morgan fingerprint density at radius 1 is 1.41 bits per heavy atom. The van der Waals surface area contributed by atoms with Gasteiger partial charge in [-0.25, -0.2) is 9.78 Å². The molecule has 4 atom stereocenters. The number of carbonyl (C=O) groups excluding carboxylic acids is 2. The number of aliphatic carboxylic acids is 1. The molecule has 0 radical (unpaired) electrons. The zero-order chi connectivity index (χ0) is 24.1. The molecule has 0 aliphatic carbocycles. The molecule has 2 saturated heterocycles. The number of nitrogens with one attached hydrogen (secondary N) is 1. The van der Waals surface area contributed by atoms with E-state index in [1.807, 2.05) is 12.3 Å². The van der Waals surface area contributed by atoms with Crippen molar-refractivity contribution >= 4 is 46.0 Å². The van der Waals surface area contributed by atoms with Crippen LogP contribution in [-0.4, -0.2) is 68.4 Å². The van der Waals surface area contributed by atoms with E-state index in [4.69, 9.17) is 4.42 Å². The van der Waals surface area contributed by atoms with Crippen molar-refractivity contribution in [3.63, 3.8) is 0 Å². The third-order valence-corrected chi connectivity index (χ3v) is 8.84. The molecule has 3 aliphatic rings. The lowest BCUT2D eigenvalue weighted by Gasteiger charge is -2.46. The number of aliphatic hydroxyl groups is 1. The molecule has 0 aromatic carbocycles. The molecule has 3 aliphatic heterocycles. The number of nitrogens with zero attached hydrogens (tertiary/aromatic N) is 3. The molecular weight excluding hydrogens is 480 g/mol. The van der Waals surface area contributed by atoms with Gasteiger partial charge in [0.05, 0.1) is 36.6 Å². The van der Waals surface area contributed by atoms with Crippen molar-refractivity contribution in [3.8, 4) is 0 Å². The number of β-lactam (4-membered cyclic amide) rings is 1. The monoisotopic (exact) mass is 504 g/mol. The van der Waals surface area contributed by atoms with Crippen LogP contribution in [0.5, 0.6) is 0 Å². The SMILES string of the molecule is C[C@@H](O)[C@H]1C(=O)N2C(C(=O)O)=C(SC3CN(c4nc(CNC(=O)c5ccco5)cs4)C3)[C@H](C)[C@H]12. The standard InChI is InChI=1S/C22H24N4O6S2/c1-10-16-15(11(2)27)20(29)26(16)17(21(30)31)18(10)34-13-7-25(8-13)22-24-12(9-33-22)6-23-19(28)14-4-3-5-32-14/h3-5,9-11,13,15-16,27H,6-8H2,1-2H3,(H,23,28)(H,30,31)/t10-,11-,15-,16-/m1/s1. The van der Waals surface area contributed by atoms with E-state index < -0.39 is 18.0 Å². The van der Waals surface area contributed by atoms with Gasteiger partial charge in [0.15, 0.2) is 10.9 Å². The molecule has 2 aromatic rings. The lowest BCUT2D eigenvalue weighted by Crippen LogP contribution is -2.63. The van der Waals surface area contributed by atoms with Gasteiger partial charge in [-0.1, -0.05) is 6.92 Å². The molecular formula is C22H24N4O6S2. The number of carbonyl (C=O) groups is 3. The molecule has 5 rings (SSSR count). The number of carboxylic acid groups (broad SMARTS) is 1. The summed E-state index contributed by atoms with van der Waals surface area (Å²) >= 11 is 3.00. The highest BCUT2D eigenvalue weighted by molar-refractivity contribution is 8.03. The molecule has 12 heteroatoms. The average molecular weight is 505 g/mol. The summed E-state index contributed by atoms with van der Waals surface area (Å²) in [6.07, 6.45) is 0.638. The van der Waals surface area contributed by atoms with Crippen LogP contribution in [0.25, 0.3) is 0 Å². The highest BCUT2D eigenvalue weighted by Crippen LogP contribution is 2.52. The number of furan rings is 1. The topological polar surface area (TPSA) is 136 Å². The van der Waals surface area contributed by atoms with E-state index in [-0.39, 0.29) is 40.5 Å². The summed E-state index contributed by atoms with van der Waals surface area (Å²) in [7, 11) is 0. The van der Waals surface area contributed by atoms with E-state index in [1.165, 1.54) is 34.3 Å². The van der Waals surface area contributed by atoms with Crippen molar-refractivity contribution in [3.05, 3.63) is 45.8 Å². The largest absolute Gasteiger partial charge is 0.477 e. The number of fused-ring (bicyclic) bond motifs is 1. The number of amides is 2. The fourth-order valence-electron chi connectivity index (χ4n) is 4.72. The zero-order valence-electron chi connectivity index (χ0n) is 18.5. The maximum Gasteiger partial charge on any atom is 0.353 e. The summed E-state index contributed by atoms with van der Waals surface area (Å²) in [6.45, 7) is 5.21. The van der Waals surface area contributed by atoms with Crippen LogP contribution in [0.3, 0.4) is 0 Å². The normalized spacial score (nSPS) is 25.1. The molecule has 10 nitrogen and oxygen atoms in total. The minimum Gasteiger partial charge on any atom is -0.477 e. The molecule has 2 fully saturated rings. The predicted octanol–water partition coefficient (Wildman–Crippen LogP) is 1.74. The van der Waals surface area contributed by atoms with Crippen LogP contribution in [0.4, 0.5) is 5.13 Å². The van der Waals surface area contributed by atoms with Crippen LogP contribution in [0.1, 0.15) is 30.1 Å². The lowest BCUT2D eigenvalue weighted by molar-refractivity contribution is -0.163. The van der Waals surface area contributed by atoms with Crippen molar-refractivity contribution in [2.24, 2.45) is 11.8 Å². The van der Waals surface area contributed by atoms with E-state index in [9.17, 15) is 24.6 Å². The molecule has 0 spiro atoms. The highest BCUT2D eigenvalue weighted by Gasteiger charge is 2.60. The number of carboxylic acids is 1. The third-order valence-electron chi connectivity index (χ3n) is 6.44. The first kappa shape index (κ1) is 22.9. The Balaban J connectivity index is 1.18. The van der Waals surface area contributed by atoms with Gasteiger partial charge in [-0.15, -0.1) is 23.1 Å². The van der Waals surface area contributed by atoms with E-state index in [1.54, 1.807) is 19.1 Å². The minimum absolute atomic E-state index is 0.0617. The van der Waals surface area contributed by atoms with E-state index in [2.05, 4.69) is 15.2 Å². The van der Waals surface area contributed by atoms with Crippen LogP contribution in [-0.2, 0) is 16.1 Å². The van der Waals surface area contributed by atoms with Crippen molar-refractivity contribution in [2.45, 2.75) is 37.8 Å². The van der Waals surface area contributed by atoms with Gasteiger partial charge in [0.25, 0.3) is 5.91 Å². The van der Waals surface area contributed by atoms with Gasteiger partial charge in [0.2, 0.25) is 5.91 Å². The van der Waals surface area contributed by atoms with Crippen LogP contribution in [0.15, 0.2) is 38.8 Å². The van der Waals surface area contributed by atoms with Gasteiger partial charge in [0.1, 0.15) is 5.70 Å². The summed E-state index contributed by atoms with van der Waals surface area (Å²) < 4.78 is 5.08. The molecule has 0 saturated carbocycles. The van der Waals surface area contributed by atoms with Crippen LogP contribution in [0, 0.1) is 11.8 Å². The molecule has 2 amide bonds. The van der Waals surface area contributed by atoms with E-state index in [0.717, 1.165) is 10.8 Å². The molecule has 2 aromatic heterocycles. The van der Waals surface area contributed by atoms with E-state index in [0.29, 0.717) is 24.5 Å². The molecule has 0 unspecified atom stereocenters. The van der Waals surface area contributed by atoms with Gasteiger partial charge in [0, 0.05) is 34.5 Å². The van der Waals surface area contributed by atoms with Gasteiger partial charge in [-0.05, 0) is 19.1 Å². The second kappa shape index (κ2) is 8.75. The van der Waals surface area contributed by atoms with Crippen LogP contribution in [0.2, 0.25) is 0 Å². The van der Waals surface area contributed by atoms with E-state index >= 15 is 0 Å². The zero-order valence-corrected chi connectivity index (χ0v) is 20.1. The van der Waals surface area contributed by atoms with Crippen molar-refractivity contribution in [1.29, 1.82) is 0 Å². The number of thiazole rings is 1. The Kier molecular flexibility index (Phi) is 5.90. The number of anilines is 1. The Labute approximate surface area is 203 Å². The molecule has 5 heterocycles. The second-order valence-electron chi connectivity index (χ2n) is 8.70. The van der Waals surface area contributed by atoms with Crippen molar-refractivity contribution < 1.29 is 29.0 Å². The summed E-state index contributed by atoms with van der Waals surface area (Å²) in [4.78, 5) is 45.2. The first-order valence-corrected chi connectivity index (χ1v) is 12.7. The Morgan fingerprint density at radius 3 is 2.82 bits per heavy atom. The first-order chi connectivity index (χ1) is 16.3. The quantitative estimate of drug-likeness (QED) is 0.459. The summed E-state index contributed by atoms with van der Waals surface area (Å²) in [5, 5.41) is 25.4. The van der Waals surface area contributed by atoms with Crippen molar-refractivity contribution in [1.82, 2.24) is 15.2 Å². The van der Waals surface area contributed by atoms with Gasteiger partial charge in [-0.2, -0.15) is 0 Å². The molecule has 3 N–H and O–H groups in total. The Bertz CT molecular complexity index is 1150. The minimum atomic E-state index is -1.11. The average Bonchev–Trinajstić information content (AvgIpc) is 3.48. The number of thioether (sulfide) groups is 1. The predicted molar refractivity (Wildman–Crippen MR) is 125 cm³/mol. The Morgan fingerprint density at radius 2 is 2.18 bits per heavy atom. The highest BCUT2D eigenvalue weighted by atomic mass is 32.2. The fraction of sp³-hybridized carbons (Fsp3) is 0.455. The van der Waals surface area contributed by atoms with Crippen LogP contribution >= 0.6 is 23.1 Å². The van der Waals surface area contributed by atoms with Gasteiger partial charge >= 0.3 is 5.97 Å². The molecule has 0 bridgehead atoms. The van der Waals surface area contributed by atoms with Gasteiger partial charge in [-0.3, -0.25) is 9.59 Å². The number of hydrogen-bond donors (Lipinski definition) is 3. The third kappa shape index (κ3) is 3.79. The number of hydrogen-bond acceptors (Lipinski definition) is 9. The first-order valence-electron chi connectivity index (χ1n) is 10.9. The maximum atomic E-state index is 12.5. The van der Waals surface area contributed by atoms with Crippen LogP contribution < -0.4 is 10.2 Å². The summed E-state index contributed by atoms with van der Waals surface area (Å²) in [5.41, 5.74) is 0.815. The smallest absolute Gasteiger partial charge is 0.353 e. The van der Waals surface area contributed by atoms with Crippen molar-refractivity contribution in [2.75, 3.05) is 18.0 Å². The number of aromatic nitrogens is 1. The maximum absolute atomic E-state index is 12.5. The Hall–Kier alpha value is -2.83. The summed E-state index contributed by atoms with van der Waals surface area (Å²) in [5.74, 6) is -2.15. The number of aliphatic hydroxyl groups excluding tert-OH is 1. The number of rotatable bonds is 8.